The molecule has 1 atom stereocenters. The van der Waals surface area contributed by atoms with Crippen molar-refractivity contribution >= 4 is 47.9 Å². The molecule has 3 aromatic rings. The molecule has 2 aliphatic rings. The van der Waals surface area contributed by atoms with Crippen LogP contribution in [0.15, 0.2) is 83.9 Å². The molecule has 8 nitrogen and oxygen atoms in total. The van der Waals surface area contributed by atoms with Crippen LogP contribution in [0.2, 0.25) is 16.4 Å². The second kappa shape index (κ2) is 16.4. The lowest BCUT2D eigenvalue weighted by Gasteiger charge is -2.35. The number of rotatable bonds is 14. The first-order valence-corrected chi connectivity index (χ1v) is 18.3. The molecule has 2 fully saturated rings. The summed E-state index contributed by atoms with van der Waals surface area (Å²) in [7, 11) is -0.325. The Hall–Kier alpha value is -3.21. The molecule has 2 heterocycles. The van der Waals surface area contributed by atoms with Crippen LogP contribution in [-0.2, 0) is 14.1 Å². The predicted octanol–water partition coefficient (Wildman–Crippen LogP) is 8.15. The zero-order valence-electron chi connectivity index (χ0n) is 29.5. The summed E-state index contributed by atoms with van der Waals surface area (Å²) in [6.45, 7) is 11.4. The van der Waals surface area contributed by atoms with Gasteiger partial charge in [0.15, 0.2) is 5.54 Å². The van der Waals surface area contributed by atoms with Gasteiger partial charge >= 0.3 is 13.1 Å². The first kappa shape index (κ1) is 38.0. The van der Waals surface area contributed by atoms with Gasteiger partial charge in [0.2, 0.25) is 0 Å². The molecule has 0 aliphatic carbocycles. The Bertz CT molecular complexity index is 1590. The van der Waals surface area contributed by atoms with E-state index in [-0.39, 0.29) is 13.0 Å². The number of carbonyl (C=O) groups excluding carboxylic acids is 1. The van der Waals surface area contributed by atoms with Crippen LogP contribution in [0.5, 0.6) is 0 Å². The van der Waals surface area contributed by atoms with Crippen LogP contribution in [0.25, 0.3) is 0 Å². The topological polar surface area (TPSA) is 91.7 Å². The van der Waals surface area contributed by atoms with Gasteiger partial charge in [-0.05, 0) is 78.0 Å². The summed E-state index contributed by atoms with van der Waals surface area (Å²) in [5, 5.41) is 11.7. The molecule has 11 heteroatoms. The lowest BCUT2D eigenvalue weighted by molar-refractivity contribution is -0.143. The van der Waals surface area contributed by atoms with Gasteiger partial charge in [0, 0.05) is 42.9 Å². The number of benzene rings is 3. The van der Waals surface area contributed by atoms with Crippen molar-refractivity contribution in [3.8, 4) is 0 Å². The Balaban J connectivity index is 1.29. The lowest BCUT2D eigenvalue weighted by atomic mass is 9.80. The van der Waals surface area contributed by atoms with Crippen molar-refractivity contribution in [2.45, 2.75) is 82.9 Å². The maximum Gasteiger partial charge on any atom is 0.457 e. The fraction of sp³-hybridized carbons (Fsp3) is 0.462. The van der Waals surface area contributed by atoms with Crippen LogP contribution in [0.3, 0.4) is 0 Å². The highest BCUT2D eigenvalue weighted by molar-refractivity contribution is 6.45. The van der Waals surface area contributed by atoms with Gasteiger partial charge < -0.3 is 19.3 Å². The van der Waals surface area contributed by atoms with E-state index in [2.05, 4.69) is 4.90 Å². The van der Waals surface area contributed by atoms with Crippen molar-refractivity contribution in [3.05, 3.63) is 106 Å². The maximum absolute atomic E-state index is 13.4. The molecule has 5 rings (SSSR count). The summed E-state index contributed by atoms with van der Waals surface area (Å²) in [5.74, 6) is -0.994. The van der Waals surface area contributed by atoms with E-state index in [4.69, 9.17) is 37.5 Å². The van der Waals surface area contributed by atoms with E-state index in [0.29, 0.717) is 86.0 Å². The number of carboxylic acid groups (broad SMARTS) is 1. The quantitative estimate of drug-likeness (QED) is 0.103. The van der Waals surface area contributed by atoms with Crippen molar-refractivity contribution in [2.24, 2.45) is 4.99 Å². The van der Waals surface area contributed by atoms with Gasteiger partial charge in [0.05, 0.1) is 27.0 Å². The number of aliphatic carboxylic acids is 1. The van der Waals surface area contributed by atoms with E-state index in [0.717, 1.165) is 17.5 Å². The van der Waals surface area contributed by atoms with E-state index in [1.807, 2.05) is 93.3 Å². The lowest BCUT2D eigenvalue weighted by Crippen LogP contribution is -2.49. The fourth-order valence-corrected chi connectivity index (χ4v) is 6.89. The molecule has 3 aromatic carbocycles. The molecule has 50 heavy (non-hydrogen) atoms. The van der Waals surface area contributed by atoms with Crippen LogP contribution < -0.4 is 0 Å². The number of unbranched alkanes of at least 4 members (excludes halogenated alkanes) is 1. The van der Waals surface area contributed by atoms with Crippen LogP contribution in [0, 0.1) is 0 Å². The zero-order chi connectivity index (χ0) is 35.9. The number of piperazine rings is 1. The molecule has 1 unspecified atom stereocenters. The number of nitrogens with zero attached hydrogens (tertiary/aromatic N) is 3. The van der Waals surface area contributed by atoms with Crippen LogP contribution in [0.4, 0.5) is 0 Å². The zero-order valence-corrected chi connectivity index (χ0v) is 31.1. The molecule has 266 valence electrons. The van der Waals surface area contributed by atoms with Gasteiger partial charge in [-0.25, -0.2) is 4.79 Å². The van der Waals surface area contributed by atoms with Gasteiger partial charge in [-0.15, -0.1) is 0 Å². The van der Waals surface area contributed by atoms with E-state index >= 15 is 0 Å². The van der Waals surface area contributed by atoms with Gasteiger partial charge in [-0.2, -0.15) is 0 Å². The molecule has 0 aromatic heterocycles. The normalized spacial score (nSPS) is 18.4. The van der Waals surface area contributed by atoms with Gasteiger partial charge in [0.1, 0.15) is 0 Å². The highest BCUT2D eigenvalue weighted by Gasteiger charge is 2.50. The number of aliphatic imine (C=N–C) groups is 1. The molecule has 0 bridgehead atoms. The summed E-state index contributed by atoms with van der Waals surface area (Å²) in [6, 6.07) is 24.6. The predicted molar refractivity (Wildman–Crippen MR) is 202 cm³/mol. The van der Waals surface area contributed by atoms with Crippen LogP contribution in [-0.4, -0.2) is 89.1 Å². The molecule has 0 saturated carbocycles. The van der Waals surface area contributed by atoms with Crippen molar-refractivity contribution in [2.75, 3.05) is 32.7 Å². The van der Waals surface area contributed by atoms with Crippen molar-refractivity contribution in [1.82, 2.24) is 9.80 Å². The number of halogens is 2. The smallest absolute Gasteiger partial charge is 0.457 e. The molecule has 0 radical (unpaired) electrons. The monoisotopic (exact) mass is 719 g/mol. The summed E-state index contributed by atoms with van der Waals surface area (Å²) >= 11 is 12.2. The number of amides is 1. The average Bonchev–Trinajstić information content (AvgIpc) is 3.32. The minimum atomic E-state index is -1.33. The van der Waals surface area contributed by atoms with Crippen molar-refractivity contribution in [3.63, 3.8) is 0 Å². The van der Waals surface area contributed by atoms with Gasteiger partial charge in [-0.3, -0.25) is 14.7 Å². The van der Waals surface area contributed by atoms with Crippen LogP contribution in [0.1, 0.15) is 81.3 Å². The summed E-state index contributed by atoms with van der Waals surface area (Å²) in [4.78, 5) is 35.8. The molecule has 1 amide bonds. The summed E-state index contributed by atoms with van der Waals surface area (Å²) in [5.41, 5.74) is 0.804. The largest absolute Gasteiger partial charge is 0.479 e. The minimum absolute atomic E-state index is 0.0719. The third-order valence-electron chi connectivity index (χ3n) is 10.3. The first-order valence-electron chi connectivity index (χ1n) is 17.6. The highest BCUT2D eigenvalue weighted by atomic mass is 35.5. The summed E-state index contributed by atoms with van der Waals surface area (Å²) in [6.07, 6.45) is 3.50. The third kappa shape index (κ3) is 9.17. The standard InChI is InChI=1S/C39H48BCl2N3O5/c1-37(2)38(3,4)50-40(49-37)22-12-11-20-39(36(47)48,43-34(29-14-7-5-8-15-29)30-16-9-6-10-17-30)21-13-23-44-24-26-45(27-25-44)35(46)31-18-19-32(41)33(42)28-31/h5-10,14-19,28H,11-13,20-27H2,1-4H3,(H,47,48). The number of hydrogen-bond acceptors (Lipinski definition) is 6. The third-order valence-corrected chi connectivity index (χ3v) is 11.0. The first-order chi connectivity index (χ1) is 23.8. The Morgan fingerprint density at radius 3 is 1.88 bits per heavy atom. The van der Waals surface area contributed by atoms with E-state index in [1.54, 1.807) is 18.2 Å². The second-order valence-electron chi connectivity index (χ2n) is 14.3. The van der Waals surface area contributed by atoms with E-state index in [1.165, 1.54) is 0 Å². The SMILES string of the molecule is CC1(C)OB(CCCCC(CCCN2CCN(C(=O)c3ccc(Cl)c(Cl)c3)CC2)(N=C(c2ccccc2)c2ccccc2)C(=O)O)OC1(C)C. The van der Waals surface area contributed by atoms with Crippen LogP contribution >= 0.6 is 23.2 Å². The fourth-order valence-electron chi connectivity index (χ4n) is 6.59. The minimum Gasteiger partial charge on any atom is -0.479 e. The Morgan fingerprint density at radius 2 is 1.34 bits per heavy atom. The molecule has 2 saturated heterocycles. The number of carboxylic acids is 1. The maximum atomic E-state index is 13.4. The number of carbonyl (C=O) groups is 2. The van der Waals surface area contributed by atoms with E-state index < -0.39 is 22.7 Å². The van der Waals surface area contributed by atoms with E-state index in [9.17, 15) is 14.7 Å². The summed E-state index contributed by atoms with van der Waals surface area (Å²) < 4.78 is 12.4. The molecular weight excluding hydrogens is 672 g/mol. The average molecular weight is 721 g/mol. The molecule has 1 N–H and O–H groups in total. The molecule has 0 spiro atoms. The Morgan fingerprint density at radius 1 is 0.780 bits per heavy atom. The Labute approximate surface area is 306 Å². The number of hydrogen-bond donors (Lipinski definition) is 1. The highest BCUT2D eigenvalue weighted by Crippen LogP contribution is 2.38. The van der Waals surface area contributed by atoms with Gasteiger partial charge in [-0.1, -0.05) is 96.7 Å². The van der Waals surface area contributed by atoms with Crippen molar-refractivity contribution in [1.29, 1.82) is 0 Å². The van der Waals surface area contributed by atoms with Crippen molar-refractivity contribution < 1.29 is 24.0 Å². The molecular formula is C39H48BCl2N3O5. The molecule has 2 aliphatic heterocycles. The van der Waals surface area contributed by atoms with Gasteiger partial charge in [0.25, 0.3) is 5.91 Å². The Kier molecular flexibility index (Phi) is 12.5. The second-order valence-corrected chi connectivity index (χ2v) is 15.1.